The van der Waals surface area contributed by atoms with Crippen molar-refractivity contribution in [3.8, 4) is 0 Å². The summed E-state index contributed by atoms with van der Waals surface area (Å²) in [7, 11) is 0. The lowest BCUT2D eigenvalue weighted by atomic mass is 10.2. The molecule has 0 atom stereocenters. The number of rotatable bonds is 7. The molecular weight excluding hydrogens is 244 g/mol. The average Bonchev–Trinajstić information content (AvgIpc) is 2.42. The van der Waals surface area contributed by atoms with E-state index < -0.39 is 5.91 Å². The van der Waals surface area contributed by atoms with E-state index in [1.165, 1.54) is 0 Å². The van der Waals surface area contributed by atoms with Crippen LogP contribution in [0.5, 0.6) is 0 Å². The molecule has 0 radical (unpaired) electrons. The maximum atomic E-state index is 11.4. The van der Waals surface area contributed by atoms with Crippen LogP contribution in [0.2, 0.25) is 0 Å². The second-order valence-electron chi connectivity index (χ2n) is 4.63. The van der Waals surface area contributed by atoms with E-state index >= 15 is 0 Å². The first kappa shape index (κ1) is 15.6. The van der Waals surface area contributed by atoms with Gasteiger partial charge in [-0.3, -0.25) is 15.1 Å². The summed E-state index contributed by atoms with van der Waals surface area (Å²) in [6.45, 7) is 5.79. The molecule has 1 heterocycles. The number of nitrogens with zero attached hydrogens (tertiary/aromatic N) is 2. The summed E-state index contributed by atoms with van der Waals surface area (Å²) in [5.74, 6) is 4.70. The van der Waals surface area contributed by atoms with Gasteiger partial charge in [-0.05, 0) is 32.4 Å². The van der Waals surface area contributed by atoms with Gasteiger partial charge in [0, 0.05) is 25.7 Å². The number of nitrogens with two attached hydrogens (primary N) is 1. The Morgan fingerprint density at radius 3 is 2.84 bits per heavy atom. The molecular formula is C13H22N4O2. The number of nitrogens with one attached hydrogen (secondary N) is 1. The second kappa shape index (κ2) is 7.83. The number of pyridine rings is 1. The number of hydrogen-bond donors (Lipinski definition) is 3. The minimum absolute atomic E-state index is 0.173. The molecule has 19 heavy (non-hydrogen) atoms. The summed E-state index contributed by atoms with van der Waals surface area (Å²) in [5.41, 5.74) is 3.19. The first-order valence-corrected chi connectivity index (χ1v) is 6.40. The fourth-order valence-corrected chi connectivity index (χ4v) is 1.77. The molecule has 4 N–H and O–H groups in total. The second-order valence-corrected chi connectivity index (χ2v) is 4.63. The Morgan fingerprint density at radius 1 is 1.53 bits per heavy atom. The number of aromatic nitrogens is 1. The van der Waals surface area contributed by atoms with E-state index in [4.69, 9.17) is 10.9 Å². The van der Waals surface area contributed by atoms with Crippen molar-refractivity contribution in [1.29, 1.82) is 0 Å². The van der Waals surface area contributed by atoms with Gasteiger partial charge in [0.05, 0.1) is 5.69 Å². The van der Waals surface area contributed by atoms with Crippen molar-refractivity contribution in [2.24, 2.45) is 5.84 Å². The lowest BCUT2D eigenvalue weighted by molar-refractivity contribution is 0.0948. The summed E-state index contributed by atoms with van der Waals surface area (Å²) < 4.78 is 0. The fourth-order valence-electron chi connectivity index (χ4n) is 1.77. The first-order valence-electron chi connectivity index (χ1n) is 6.40. The van der Waals surface area contributed by atoms with Crippen molar-refractivity contribution >= 4 is 5.91 Å². The largest absolute Gasteiger partial charge is 0.396 e. The van der Waals surface area contributed by atoms with Crippen molar-refractivity contribution < 1.29 is 9.90 Å². The van der Waals surface area contributed by atoms with Gasteiger partial charge in [-0.1, -0.05) is 6.07 Å². The molecule has 1 aromatic rings. The van der Waals surface area contributed by atoms with E-state index in [1.807, 2.05) is 6.07 Å². The number of aliphatic hydroxyl groups excluding tert-OH is 1. The van der Waals surface area contributed by atoms with Gasteiger partial charge >= 0.3 is 0 Å². The Kier molecular flexibility index (Phi) is 6.41. The number of hydrogen-bond acceptors (Lipinski definition) is 5. The highest BCUT2D eigenvalue weighted by Crippen LogP contribution is 2.08. The van der Waals surface area contributed by atoms with Crippen molar-refractivity contribution in [3.05, 3.63) is 29.6 Å². The molecule has 6 heteroatoms. The molecule has 0 unspecified atom stereocenters. The highest BCUT2D eigenvalue weighted by atomic mass is 16.3. The molecule has 106 valence electrons. The zero-order chi connectivity index (χ0) is 14.3. The van der Waals surface area contributed by atoms with Crippen LogP contribution in [0.4, 0.5) is 0 Å². The van der Waals surface area contributed by atoms with E-state index in [0.717, 1.165) is 18.7 Å². The molecule has 1 aromatic heterocycles. The van der Waals surface area contributed by atoms with Gasteiger partial charge in [0.1, 0.15) is 5.69 Å². The summed E-state index contributed by atoms with van der Waals surface area (Å²) in [4.78, 5) is 17.9. The van der Waals surface area contributed by atoms with Crippen LogP contribution in [0.15, 0.2) is 18.2 Å². The predicted molar refractivity (Wildman–Crippen MR) is 73.1 cm³/mol. The smallest absolute Gasteiger partial charge is 0.283 e. The lowest BCUT2D eigenvalue weighted by Gasteiger charge is -2.25. The molecule has 0 saturated carbocycles. The van der Waals surface area contributed by atoms with Gasteiger partial charge in [-0.25, -0.2) is 10.8 Å². The van der Waals surface area contributed by atoms with Crippen LogP contribution < -0.4 is 11.3 Å². The van der Waals surface area contributed by atoms with Crippen LogP contribution >= 0.6 is 0 Å². The number of carbonyl (C=O) groups is 1. The molecule has 0 fully saturated rings. The SMILES string of the molecule is CC(C)N(CCCO)Cc1cccc(C(=O)NN)n1. The molecule has 0 aliphatic rings. The minimum Gasteiger partial charge on any atom is -0.396 e. The quantitative estimate of drug-likeness (QED) is 0.374. The number of hydrazine groups is 1. The maximum Gasteiger partial charge on any atom is 0.283 e. The monoisotopic (exact) mass is 266 g/mol. The van der Waals surface area contributed by atoms with Crippen LogP contribution in [0, 0.1) is 0 Å². The van der Waals surface area contributed by atoms with Crippen LogP contribution in [-0.2, 0) is 6.54 Å². The van der Waals surface area contributed by atoms with Crippen molar-refractivity contribution in [1.82, 2.24) is 15.3 Å². The third kappa shape index (κ3) is 4.94. The van der Waals surface area contributed by atoms with E-state index in [2.05, 4.69) is 29.2 Å². The molecule has 1 rings (SSSR count). The molecule has 0 saturated heterocycles. The highest BCUT2D eigenvalue weighted by Gasteiger charge is 2.12. The number of carbonyl (C=O) groups excluding carboxylic acids is 1. The Balaban J connectivity index is 2.76. The zero-order valence-electron chi connectivity index (χ0n) is 11.5. The fraction of sp³-hybridized carbons (Fsp3) is 0.538. The van der Waals surface area contributed by atoms with Crippen LogP contribution in [0.3, 0.4) is 0 Å². The highest BCUT2D eigenvalue weighted by molar-refractivity contribution is 5.91. The Hall–Kier alpha value is -1.50. The number of nitrogen functional groups attached to an aromatic ring is 1. The lowest BCUT2D eigenvalue weighted by Crippen LogP contribution is -2.33. The third-order valence-electron chi connectivity index (χ3n) is 2.87. The van der Waals surface area contributed by atoms with Crippen molar-refractivity contribution in [2.75, 3.05) is 13.2 Å². The molecule has 0 bridgehead atoms. The van der Waals surface area contributed by atoms with Gasteiger partial charge in [0.2, 0.25) is 0 Å². The number of aliphatic hydroxyl groups is 1. The Labute approximate surface area is 113 Å². The minimum atomic E-state index is -0.395. The Bertz CT molecular complexity index is 409. The van der Waals surface area contributed by atoms with Crippen LogP contribution in [-0.4, -0.2) is 40.1 Å². The van der Waals surface area contributed by atoms with Crippen molar-refractivity contribution in [3.63, 3.8) is 0 Å². The van der Waals surface area contributed by atoms with E-state index in [9.17, 15) is 4.79 Å². The van der Waals surface area contributed by atoms with Gasteiger partial charge in [-0.15, -0.1) is 0 Å². The zero-order valence-corrected chi connectivity index (χ0v) is 11.5. The van der Waals surface area contributed by atoms with Crippen LogP contribution in [0.1, 0.15) is 36.5 Å². The molecule has 0 aliphatic carbocycles. The van der Waals surface area contributed by atoms with Gasteiger partial charge in [0.15, 0.2) is 0 Å². The van der Waals surface area contributed by atoms with E-state index in [0.29, 0.717) is 18.3 Å². The topological polar surface area (TPSA) is 91.5 Å². The molecule has 0 aliphatic heterocycles. The molecule has 1 amide bonds. The van der Waals surface area contributed by atoms with Gasteiger partial charge < -0.3 is 5.11 Å². The summed E-state index contributed by atoms with van der Waals surface area (Å²) >= 11 is 0. The summed E-state index contributed by atoms with van der Waals surface area (Å²) in [6, 6.07) is 5.64. The molecule has 0 aromatic carbocycles. The number of amides is 1. The van der Waals surface area contributed by atoms with Gasteiger partial charge in [0.25, 0.3) is 5.91 Å². The van der Waals surface area contributed by atoms with Crippen LogP contribution in [0.25, 0.3) is 0 Å². The van der Waals surface area contributed by atoms with E-state index in [1.54, 1.807) is 12.1 Å². The molecule has 6 nitrogen and oxygen atoms in total. The third-order valence-corrected chi connectivity index (χ3v) is 2.87. The average molecular weight is 266 g/mol. The summed E-state index contributed by atoms with van der Waals surface area (Å²) in [5, 5.41) is 8.90. The van der Waals surface area contributed by atoms with Crippen molar-refractivity contribution in [2.45, 2.75) is 32.9 Å². The summed E-state index contributed by atoms with van der Waals surface area (Å²) in [6.07, 6.45) is 0.723. The first-order chi connectivity index (χ1) is 9.08. The standard InChI is InChI=1S/C13H22N4O2/c1-10(2)17(7-4-8-18)9-11-5-3-6-12(15-11)13(19)16-14/h3,5-6,10,18H,4,7-9,14H2,1-2H3,(H,16,19). The molecule has 0 spiro atoms. The van der Waals surface area contributed by atoms with E-state index in [-0.39, 0.29) is 6.61 Å². The predicted octanol–water partition coefficient (Wildman–Crippen LogP) is 0.278. The Morgan fingerprint density at radius 2 is 2.26 bits per heavy atom. The maximum absolute atomic E-state index is 11.4. The van der Waals surface area contributed by atoms with Gasteiger partial charge in [-0.2, -0.15) is 0 Å². The normalized spacial score (nSPS) is 11.1.